The Morgan fingerprint density at radius 1 is 1.12 bits per heavy atom. The van der Waals surface area contributed by atoms with E-state index in [9.17, 15) is 18.0 Å². The van der Waals surface area contributed by atoms with Gasteiger partial charge in [-0.25, -0.2) is 0 Å². The van der Waals surface area contributed by atoms with Gasteiger partial charge in [-0.15, -0.1) is 10.2 Å². The summed E-state index contributed by atoms with van der Waals surface area (Å²) in [6.45, 7) is 6.43. The number of aryl methyl sites for hydroxylation is 1. The van der Waals surface area contributed by atoms with Crippen LogP contribution in [-0.4, -0.2) is 25.9 Å². The monoisotopic (exact) mass is 463 g/mol. The maximum Gasteiger partial charge on any atom is 0.416 e. The fraction of sp³-hybridized carbons (Fsp3) is 0.318. The summed E-state index contributed by atoms with van der Waals surface area (Å²) in [6.07, 6.45) is -4.40. The largest absolute Gasteiger partial charge is 0.416 e. The van der Waals surface area contributed by atoms with Crippen molar-refractivity contribution in [2.45, 2.75) is 50.4 Å². The standard InChI is InChI=1S/C22H24F3N5OS/c1-4-30-19(13-26-18-7-5-6-16(12-18)22(23,24)25)28-29-21(30)32-15(3)20(31)27-17-10-8-14(2)9-11-17/h5-12,15,26H,4,13H2,1-3H3,(H,27,31)/t15-/m0/s1. The number of rotatable bonds is 8. The minimum Gasteiger partial charge on any atom is -0.378 e. The van der Waals surface area contributed by atoms with Gasteiger partial charge in [0.2, 0.25) is 5.91 Å². The van der Waals surface area contributed by atoms with Crippen molar-refractivity contribution in [2.75, 3.05) is 10.6 Å². The maximum absolute atomic E-state index is 12.9. The van der Waals surface area contributed by atoms with Crippen LogP contribution in [0.15, 0.2) is 53.7 Å². The summed E-state index contributed by atoms with van der Waals surface area (Å²) in [6, 6.07) is 12.5. The third-order valence-electron chi connectivity index (χ3n) is 4.72. The van der Waals surface area contributed by atoms with Gasteiger partial charge in [-0.3, -0.25) is 4.79 Å². The van der Waals surface area contributed by atoms with E-state index < -0.39 is 17.0 Å². The molecular formula is C22H24F3N5OS. The summed E-state index contributed by atoms with van der Waals surface area (Å²) < 4.78 is 40.6. The Labute approximate surface area is 188 Å². The zero-order valence-electron chi connectivity index (χ0n) is 17.9. The molecule has 0 fully saturated rings. The molecule has 3 aromatic rings. The Hall–Kier alpha value is -3.01. The highest BCUT2D eigenvalue weighted by Gasteiger charge is 2.30. The predicted molar refractivity (Wildman–Crippen MR) is 120 cm³/mol. The van der Waals surface area contributed by atoms with Gasteiger partial charge in [-0.05, 0) is 51.1 Å². The number of anilines is 2. The smallest absolute Gasteiger partial charge is 0.378 e. The van der Waals surface area contributed by atoms with Crippen LogP contribution in [0.1, 0.15) is 30.8 Å². The van der Waals surface area contributed by atoms with E-state index in [2.05, 4.69) is 20.8 Å². The second-order valence-corrected chi connectivity index (χ2v) is 8.50. The lowest BCUT2D eigenvalue weighted by Gasteiger charge is -2.13. The summed E-state index contributed by atoms with van der Waals surface area (Å²) in [5.74, 6) is 0.409. The molecule has 0 spiro atoms. The third-order valence-corrected chi connectivity index (χ3v) is 5.80. The highest BCUT2D eigenvalue weighted by molar-refractivity contribution is 8.00. The number of amides is 1. The van der Waals surface area contributed by atoms with Gasteiger partial charge in [0, 0.05) is 17.9 Å². The predicted octanol–water partition coefficient (Wildman–Crippen LogP) is 5.36. The molecule has 0 bridgehead atoms. The van der Waals surface area contributed by atoms with E-state index in [1.807, 2.05) is 42.7 Å². The molecule has 6 nitrogen and oxygen atoms in total. The van der Waals surface area contributed by atoms with Crippen LogP contribution in [-0.2, 0) is 24.1 Å². The molecule has 1 atom stereocenters. The van der Waals surface area contributed by atoms with E-state index >= 15 is 0 Å². The minimum absolute atomic E-state index is 0.159. The fourth-order valence-corrected chi connectivity index (χ4v) is 3.87. The van der Waals surface area contributed by atoms with Gasteiger partial charge in [-0.2, -0.15) is 13.2 Å². The first kappa shape index (κ1) is 23.6. The lowest BCUT2D eigenvalue weighted by atomic mass is 10.2. The molecule has 170 valence electrons. The van der Waals surface area contributed by atoms with Crippen LogP contribution in [0.5, 0.6) is 0 Å². The highest BCUT2D eigenvalue weighted by Crippen LogP contribution is 2.31. The van der Waals surface area contributed by atoms with Crippen molar-refractivity contribution in [2.24, 2.45) is 0 Å². The second kappa shape index (κ2) is 10.1. The van der Waals surface area contributed by atoms with Gasteiger partial charge in [0.1, 0.15) is 0 Å². The Bertz CT molecular complexity index is 1070. The summed E-state index contributed by atoms with van der Waals surface area (Å²) in [5.41, 5.74) is 1.44. The first-order valence-electron chi connectivity index (χ1n) is 10.0. The molecule has 1 amide bonds. The lowest BCUT2D eigenvalue weighted by molar-refractivity contribution is -0.137. The zero-order chi connectivity index (χ0) is 23.3. The molecule has 0 unspecified atom stereocenters. The Balaban J connectivity index is 1.64. The Morgan fingerprint density at radius 3 is 2.50 bits per heavy atom. The third kappa shape index (κ3) is 6.03. The van der Waals surface area contributed by atoms with E-state index in [-0.39, 0.29) is 12.5 Å². The van der Waals surface area contributed by atoms with Crippen molar-refractivity contribution in [3.05, 3.63) is 65.5 Å². The number of hydrogen-bond acceptors (Lipinski definition) is 5. The summed E-state index contributed by atoms with van der Waals surface area (Å²) in [4.78, 5) is 12.5. The molecule has 3 rings (SSSR count). The van der Waals surface area contributed by atoms with Gasteiger partial charge in [0.25, 0.3) is 0 Å². The first-order valence-corrected chi connectivity index (χ1v) is 10.9. The van der Waals surface area contributed by atoms with Crippen LogP contribution < -0.4 is 10.6 Å². The molecule has 0 radical (unpaired) electrons. The number of aromatic nitrogens is 3. The zero-order valence-corrected chi connectivity index (χ0v) is 18.7. The lowest BCUT2D eigenvalue weighted by Crippen LogP contribution is -2.23. The molecule has 10 heteroatoms. The fourth-order valence-electron chi connectivity index (χ4n) is 2.93. The van der Waals surface area contributed by atoms with Gasteiger partial charge in [0.15, 0.2) is 11.0 Å². The quantitative estimate of drug-likeness (QED) is 0.440. The first-order chi connectivity index (χ1) is 15.2. The molecule has 2 N–H and O–H groups in total. The summed E-state index contributed by atoms with van der Waals surface area (Å²) in [5, 5.41) is 14.3. The van der Waals surface area contributed by atoms with Crippen molar-refractivity contribution >= 4 is 29.0 Å². The number of benzene rings is 2. The van der Waals surface area contributed by atoms with Gasteiger partial charge < -0.3 is 15.2 Å². The number of nitrogens with zero attached hydrogens (tertiary/aromatic N) is 3. The molecule has 0 saturated carbocycles. The number of hydrogen-bond donors (Lipinski definition) is 2. The topological polar surface area (TPSA) is 71.8 Å². The number of nitrogens with one attached hydrogen (secondary N) is 2. The molecule has 0 aliphatic heterocycles. The van der Waals surface area contributed by atoms with Crippen molar-refractivity contribution in [1.82, 2.24) is 14.8 Å². The van der Waals surface area contributed by atoms with E-state index in [4.69, 9.17) is 0 Å². The van der Waals surface area contributed by atoms with E-state index in [0.29, 0.717) is 23.2 Å². The van der Waals surface area contributed by atoms with Gasteiger partial charge >= 0.3 is 6.18 Å². The molecule has 1 aromatic heterocycles. The molecular weight excluding hydrogens is 439 g/mol. The number of carbonyl (C=O) groups excluding carboxylic acids is 1. The van der Waals surface area contributed by atoms with E-state index in [0.717, 1.165) is 23.4 Å². The average molecular weight is 464 g/mol. The molecule has 1 heterocycles. The van der Waals surface area contributed by atoms with Crippen LogP contribution in [0.4, 0.5) is 24.5 Å². The molecule has 0 aliphatic rings. The van der Waals surface area contributed by atoms with E-state index in [1.165, 1.54) is 17.8 Å². The molecule has 0 aliphatic carbocycles. The Morgan fingerprint density at radius 2 is 1.84 bits per heavy atom. The maximum atomic E-state index is 12.9. The second-order valence-electron chi connectivity index (χ2n) is 7.19. The number of halogens is 3. The van der Waals surface area contributed by atoms with Crippen molar-refractivity contribution in [3.63, 3.8) is 0 Å². The minimum atomic E-state index is -4.40. The number of thioether (sulfide) groups is 1. The van der Waals surface area contributed by atoms with Crippen LogP contribution in [0.25, 0.3) is 0 Å². The average Bonchev–Trinajstić information content (AvgIpc) is 3.14. The summed E-state index contributed by atoms with van der Waals surface area (Å²) >= 11 is 1.27. The number of alkyl halides is 3. The van der Waals surface area contributed by atoms with Crippen LogP contribution in [0.3, 0.4) is 0 Å². The van der Waals surface area contributed by atoms with Crippen LogP contribution in [0.2, 0.25) is 0 Å². The van der Waals surface area contributed by atoms with Crippen molar-refractivity contribution in [1.29, 1.82) is 0 Å². The normalized spacial score (nSPS) is 12.4. The van der Waals surface area contributed by atoms with Crippen LogP contribution in [0, 0.1) is 6.92 Å². The Kier molecular flexibility index (Phi) is 7.44. The van der Waals surface area contributed by atoms with Crippen molar-refractivity contribution < 1.29 is 18.0 Å². The molecule has 32 heavy (non-hydrogen) atoms. The SMILES string of the molecule is CCn1c(CNc2cccc(C(F)(F)F)c2)nnc1S[C@@H](C)C(=O)Nc1ccc(C)cc1. The number of carbonyl (C=O) groups is 1. The van der Waals surface area contributed by atoms with E-state index in [1.54, 1.807) is 13.0 Å². The molecule has 2 aromatic carbocycles. The van der Waals surface area contributed by atoms with Crippen molar-refractivity contribution in [3.8, 4) is 0 Å². The molecule has 0 saturated heterocycles. The summed E-state index contributed by atoms with van der Waals surface area (Å²) in [7, 11) is 0. The van der Waals surface area contributed by atoms with Crippen LogP contribution >= 0.6 is 11.8 Å². The van der Waals surface area contributed by atoms with Gasteiger partial charge in [0.05, 0.1) is 17.4 Å². The van der Waals surface area contributed by atoms with Gasteiger partial charge in [-0.1, -0.05) is 35.5 Å². The highest BCUT2D eigenvalue weighted by atomic mass is 32.2.